The van der Waals surface area contributed by atoms with Crippen molar-refractivity contribution in [2.45, 2.75) is 20.0 Å². The predicted molar refractivity (Wildman–Crippen MR) is 120 cm³/mol. The fourth-order valence-electron chi connectivity index (χ4n) is 3.50. The number of amides is 1. The van der Waals surface area contributed by atoms with Crippen LogP contribution in [0.15, 0.2) is 70.6 Å². The quantitative estimate of drug-likeness (QED) is 0.420. The molecule has 0 unspecified atom stereocenters. The number of thiazole rings is 1. The molecule has 2 aromatic carbocycles. The number of rotatable bonds is 6. The van der Waals surface area contributed by atoms with Crippen LogP contribution in [0, 0.1) is 0 Å². The van der Waals surface area contributed by atoms with Crippen LogP contribution < -0.4 is 5.32 Å². The van der Waals surface area contributed by atoms with Crippen molar-refractivity contribution in [1.82, 2.24) is 25.0 Å². The maximum absolute atomic E-state index is 12.6. The number of hydrogen-bond acceptors (Lipinski definition) is 6. The molecule has 0 fully saturated rings. The first-order valence-electron chi connectivity index (χ1n) is 9.93. The van der Waals surface area contributed by atoms with Gasteiger partial charge in [0.25, 0.3) is 5.91 Å². The highest BCUT2D eigenvalue weighted by Crippen LogP contribution is 2.30. The fourth-order valence-corrected chi connectivity index (χ4v) is 4.33. The van der Waals surface area contributed by atoms with Crippen molar-refractivity contribution in [2.75, 3.05) is 0 Å². The Labute approximate surface area is 182 Å². The zero-order chi connectivity index (χ0) is 21.2. The third-order valence-electron chi connectivity index (χ3n) is 4.98. The molecule has 154 valence electrons. The van der Waals surface area contributed by atoms with E-state index in [1.54, 1.807) is 5.38 Å². The van der Waals surface area contributed by atoms with Gasteiger partial charge in [-0.25, -0.2) is 4.98 Å². The molecule has 0 aliphatic heterocycles. The summed E-state index contributed by atoms with van der Waals surface area (Å²) in [7, 11) is 0. The summed E-state index contributed by atoms with van der Waals surface area (Å²) in [6.07, 6.45) is 0. The molecule has 8 heteroatoms. The number of carbonyl (C=O) groups is 1. The smallest absolute Gasteiger partial charge is 0.271 e. The van der Waals surface area contributed by atoms with Gasteiger partial charge in [-0.1, -0.05) is 53.7 Å². The summed E-state index contributed by atoms with van der Waals surface area (Å²) >= 11 is 1.45. The lowest BCUT2D eigenvalue weighted by molar-refractivity contribution is 0.0942. The summed E-state index contributed by atoms with van der Waals surface area (Å²) in [5.41, 5.74) is 3.40. The molecule has 0 saturated carbocycles. The van der Waals surface area contributed by atoms with Gasteiger partial charge < -0.3 is 14.4 Å². The summed E-state index contributed by atoms with van der Waals surface area (Å²) < 4.78 is 7.45. The number of benzene rings is 2. The molecule has 0 bridgehead atoms. The van der Waals surface area contributed by atoms with Crippen LogP contribution in [-0.2, 0) is 13.1 Å². The summed E-state index contributed by atoms with van der Waals surface area (Å²) in [4.78, 5) is 21.5. The van der Waals surface area contributed by atoms with Gasteiger partial charge in [0.2, 0.25) is 11.7 Å². The predicted octanol–water partition coefficient (Wildman–Crippen LogP) is 4.76. The Balaban J connectivity index is 1.31. The second kappa shape index (κ2) is 8.16. The van der Waals surface area contributed by atoms with Gasteiger partial charge >= 0.3 is 0 Å². The zero-order valence-corrected chi connectivity index (χ0v) is 17.6. The van der Waals surface area contributed by atoms with Crippen LogP contribution >= 0.6 is 11.3 Å². The third-order valence-corrected chi connectivity index (χ3v) is 5.85. The van der Waals surface area contributed by atoms with Crippen molar-refractivity contribution in [3.8, 4) is 22.1 Å². The van der Waals surface area contributed by atoms with Crippen LogP contribution in [0.4, 0.5) is 0 Å². The summed E-state index contributed by atoms with van der Waals surface area (Å²) in [5, 5.41) is 10.5. The van der Waals surface area contributed by atoms with Crippen LogP contribution in [-0.4, -0.2) is 25.6 Å². The van der Waals surface area contributed by atoms with Crippen molar-refractivity contribution in [3.63, 3.8) is 0 Å². The average Bonchev–Trinajstić information content (AvgIpc) is 3.56. The highest BCUT2D eigenvalue weighted by atomic mass is 32.1. The molecule has 0 saturated heterocycles. The standard InChI is InChI=1S/C23H19N5O2S/c1-2-28-18-11-7-6-10-16(18)12-19(28)23-25-17(14-31-23)22(29)24-13-20-26-21(27-30-20)15-8-4-3-5-9-15/h3-12,14H,2,13H2,1H3,(H,24,29). The molecule has 1 N–H and O–H groups in total. The molecule has 0 spiro atoms. The minimum Gasteiger partial charge on any atom is -0.342 e. The van der Waals surface area contributed by atoms with Crippen LogP contribution in [0.25, 0.3) is 33.0 Å². The SMILES string of the molecule is CCn1c(-c2nc(C(=O)NCc3nc(-c4ccccc4)no3)cs2)cc2ccccc21. The van der Waals surface area contributed by atoms with E-state index in [0.29, 0.717) is 17.4 Å². The van der Waals surface area contributed by atoms with E-state index in [9.17, 15) is 4.79 Å². The van der Waals surface area contributed by atoms with Crippen LogP contribution in [0.1, 0.15) is 23.3 Å². The normalized spacial score (nSPS) is 11.1. The number of aryl methyl sites for hydroxylation is 1. The Morgan fingerprint density at radius 2 is 1.90 bits per heavy atom. The number of nitrogens with one attached hydrogen (secondary N) is 1. The van der Waals surface area contributed by atoms with E-state index >= 15 is 0 Å². The Morgan fingerprint density at radius 1 is 1.10 bits per heavy atom. The Bertz CT molecular complexity index is 1350. The molecular formula is C23H19N5O2S. The summed E-state index contributed by atoms with van der Waals surface area (Å²) in [6, 6.07) is 19.9. The van der Waals surface area contributed by atoms with Gasteiger partial charge in [-0.15, -0.1) is 11.3 Å². The van der Waals surface area contributed by atoms with Crippen molar-refractivity contribution in [2.24, 2.45) is 0 Å². The van der Waals surface area contributed by atoms with E-state index in [1.807, 2.05) is 42.5 Å². The number of nitrogens with zero attached hydrogens (tertiary/aromatic N) is 4. The molecule has 0 aliphatic rings. The lowest BCUT2D eigenvalue weighted by Gasteiger charge is -2.05. The van der Waals surface area contributed by atoms with Crippen LogP contribution in [0.5, 0.6) is 0 Å². The highest BCUT2D eigenvalue weighted by molar-refractivity contribution is 7.13. The number of para-hydroxylation sites is 1. The molecule has 5 aromatic rings. The van der Waals surface area contributed by atoms with Crippen LogP contribution in [0.3, 0.4) is 0 Å². The first-order chi connectivity index (χ1) is 15.2. The lowest BCUT2D eigenvalue weighted by atomic mass is 10.2. The third kappa shape index (κ3) is 3.73. The molecule has 3 heterocycles. The van der Waals surface area contributed by atoms with E-state index in [0.717, 1.165) is 33.7 Å². The number of fused-ring (bicyclic) bond motifs is 1. The molecule has 31 heavy (non-hydrogen) atoms. The number of aromatic nitrogens is 4. The minimum atomic E-state index is -0.277. The molecule has 7 nitrogen and oxygen atoms in total. The van der Waals surface area contributed by atoms with Gasteiger partial charge in [-0.3, -0.25) is 4.79 Å². The highest BCUT2D eigenvalue weighted by Gasteiger charge is 2.17. The molecule has 0 aliphatic carbocycles. The Hall–Kier alpha value is -3.78. The van der Waals surface area contributed by atoms with Gasteiger partial charge in [0.15, 0.2) is 0 Å². The lowest BCUT2D eigenvalue weighted by Crippen LogP contribution is -2.23. The van der Waals surface area contributed by atoms with Crippen molar-refractivity contribution in [3.05, 3.63) is 77.6 Å². The van der Waals surface area contributed by atoms with Gasteiger partial charge in [0.05, 0.1) is 12.2 Å². The van der Waals surface area contributed by atoms with Gasteiger partial charge in [0.1, 0.15) is 10.7 Å². The molecule has 0 radical (unpaired) electrons. The Kier molecular flexibility index (Phi) is 5.05. The van der Waals surface area contributed by atoms with E-state index < -0.39 is 0 Å². The maximum atomic E-state index is 12.6. The molecule has 1 amide bonds. The zero-order valence-electron chi connectivity index (χ0n) is 16.8. The summed E-state index contributed by atoms with van der Waals surface area (Å²) in [5.74, 6) is 0.558. The number of carbonyl (C=O) groups excluding carboxylic acids is 1. The van der Waals surface area contributed by atoms with Gasteiger partial charge in [-0.2, -0.15) is 4.98 Å². The second-order valence-electron chi connectivity index (χ2n) is 6.93. The average molecular weight is 430 g/mol. The van der Waals surface area contributed by atoms with E-state index in [2.05, 4.69) is 50.1 Å². The fraction of sp³-hybridized carbons (Fsp3) is 0.130. The topological polar surface area (TPSA) is 85.8 Å². The molecule has 0 atom stereocenters. The van der Waals surface area contributed by atoms with Crippen LogP contribution in [0.2, 0.25) is 0 Å². The first-order valence-corrected chi connectivity index (χ1v) is 10.8. The van der Waals surface area contributed by atoms with E-state index in [-0.39, 0.29) is 12.5 Å². The first kappa shape index (κ1) is 19.2. The van der Waals surface area contributed by atoms with E-state index in [4.69, 9.17) is 4.52 Å². The molecular weight excluding hydrogens is 410 g/mol. The van der Waals surface area contributed by atoms with Crippen molar-refractivity contribution in [1.29, 1.82) is 0 Å². The minimum absolute atomic E-state index is 0.140. The molecule has 5 rings (SSSR count). The second-order valence-corrected chi connectivity index (χ2v) is 7.79. The van der Waals surface area contributed by atoms with Gasteiger partial charge in [-0.05, 0) is 19.1 Å². The largest absolute Gasteiger partial charge is 0.342 e. The van der Waals surface area contributed by atoms with E-state index in [1.165, 1.54) is 11.3 Å². The Morgan fingerprint density at radius 3 is 2.74 bits per heavy atom. The monoisotopic (exact) mass is 429 g/mol. The molecule has 3 aromatic heterocycles. The number of hydrogen-bond donors (Lipinski definition) is 1. The maximum Gasteiger partial charge on any atom is 0.271 e. The summed E-state index contributed by atoms with van der Waals surface area (Å²) in [6.45, 7) is 3.07. The van der Waals surface area contributed by atoms with Crippen molar-refractivity contribution < 1.29 is 9.32 Å². The van der Waals surface area contributed by atoms with Crippen molar-refractivity contribution >= 4 is 28.1 Å². The van der Waals surface area contributed by atoms with Gasteiger partial charge in [0, 0.05) is 28.4 Å².